The van der Waals surface area contributed by atoms with Crippen molar-refractivity contribution in [1.29, 1.82) is 0 Å². The molecule has 1 saturated heterocycles. The molecule has 6 heteroatoms. The van der Waals surface area contributed by atoms with Crippen LogP contribution in [-0.2, 0) is 14.3 Å². The van der Waals surface area contributed by atoms with Crippen molar-refractivity contribution < 1.29 is 14.3 Å². The highest BCUT2D eigenvalue weighted by molar-refractivity contribution is 5.88. The summed E-state index contributed by atoms with van der Waals surface area (Å²) in [6, 6.07) is -0.386. The molecule has 1 saturated carbocycles. The highest BCUT2D eigenvalue weighted by Gasteiger charge is 2.33. The van der Waals surface area contributed by atoms with E-state index in [0.29, 0.717) is 38.6 Å². The first kappa shape index (κ1) is 16.2. The zero-order valence-corrected chi connectivity index (χ0v) is 13.0. The SMILES string of the molecule is CC(NC(=O)C1CC(N)CCC1C)C(=O)N1CCOCC1. The van der Waals surface area contributed by atoms with Crippen LogP contribution >= 0.6 is 0 Å². The van der Waals surface area contributed by atoms with E-state index >= 15 is 0 Å². The van der Waals surface area contributed by atoms with Crippen molar-refractivity contribution in [1.82, 2.24) is 10.2 Å². The van der Waals surface area contributed by atoms with Crippen LogP contribution in [0.3, 0.4) is 0 Å². The van der Waals surface area contributed by atoms with Gasteiger partial charge in [0.05, 0.1) is 13.2 Å². The minimum Gasteiger partial charge on any atom is -0.378 e. The largest absolute Gasteiger partial charge is 0.378 e. The maximum atomic E-state index is 12.4. The lowest BCUT2D eigenvalue weighted by atomic mass is 9.77. The Kier molecular flexibility index (Phi) is 5.58. The third-order valence-electron chi connectivity index (χ3n) is 4.63. The van der Waals surface area contributed by atoms with E-state index in [1.54, 1.807) is 11.8 Å². The molecule has 4 unspecified atom stereocenters. The van der Waals surface area contributed by atoms with Gasteiger partial charge in [0, 0.05) is 25.0 Å². The number of amides is 2. The number of morpholine rings is 1. The zero-order valence-electron chi connectivity index (χ0n) is 13.0. The van der Waals surface area contributed by atoms with E-state index in [4.69, 9.17) is 10.5 Å². The van der Waals surface area contributed by atoms with E-state index in [1.807, 2.05) is 0 Å². The Morgan fingerprint density at radius 1 is 1.29 bits per heavy atom. The predicted octanol–water partition coefficient (Wildman–Crippen LogP) is 0.113. The number of nitrogens with one attached hydrogen (secondary N) is 1. The maximum Gasteiger partial charge on any atom is 0.245 e. The van der Waals surface area contributed by atoms with Gasteiger partial charge in [-0.1, -0.05) is 6.92 Å². The van der Waals surface area contributed by atoms with E-state index < -0.39 is 6.04 Å². The normalized spacial score (nSPS) is 31.6. The summed E-state index contributed by atoms with van der Waals surface area (Å²) in [5, 5.41) is 2.87. The number of ether oxygens (including phenoxy) is 1. The fourth-order valence-corrected chi connectivity index (χ4v) is 3.16. The van der Waals surface area contributed by atoms with Gasteiger partial charge < -0.3 is 20.7 Å². The lowest BCUT2D eigenvalue weighted by Crippen LogP contribution is -2.52. The second-order valence-electron chi connectivity index (χ2n) is 6.32. The first-order chi connectivity index (χ1) is 9.99. The average Bonchev–Trinajstić information content (AvgIpc) is 2.49. The molecule has 2 aliphatic rings. The van der Waals surface area contributed by atoms with Gasteiger partial charge in [0.25, 0.3) is 0 Å². The Morgan fingerprint density at radius 2 is 1.95 bits per heavy atom. The summed E-state index contributed by atoms with van der Waals surface area (Å²) in [6.45, 7) is 6.18. The van der Waals surface area contributed by atoms with Crippen molar-refractivity contribution in [2.75, 3.05) is 26.3 Å². The Hall–Kier alpha value is -1.14. The number of rotatable bonds is 3. The molecule has 0 radical (unpaired) electrons. The van der Waals surface area contributed by atoms with Crippen molar-refractivity contribution in [2.24, 2.45) is 17.6 Å². The summed E-state index contributed by atoms with van der Waals surface area (Å²) >= 11 is 0. The summed E-state index contributed by atoms with van der Waals surface area (Å²) in [5.41, 5.74) is 5.96. The Balaban J connectivity index is 1.87. The molecule has 1 heterocycles. The fraction of sp³-hybridized carbons (Fsp3) is 0.867. The van der Waals surface area contributed by atoms with E-state index in [2.05, 4.69) is 12.2 Å². The summed E-state index contributed by atoms with van der Waals surface area (Å²) < 4.78 is 5.24. The van der Waals surface area contributed by atoms with E-state index in [0.717, 1.165) is 12.8 Å². The van der Waals surface area contributed by atoms with E-state index in [-0.39, 0.29) is 23.8 Å². The van der Waals surface area contributed by atoms with Crippen LogP contribution in [-0.4, -0.2) is 55.1 Å². The summed E-state index contributed by atoms with van der Waals surface area (Å²) in [7, 11) is 0. The molecule has 2 fully saturated rings. The van der Waals surface area contributed by atoms with Gasteiger partial charge in [-0.05, 0) is 32.1 Å². The first-order valence-electron chi connectivity index (χ1n) is 7.91. The highest BCUT2D eigenvalue weighted by Crippen LogP contribution is 2.29. The standard InChI is InChI=1S/C15H27N3O3/c1-10-3-4-12(16)9-13(10)14(19)17-11(2)15(20)18-5-7-21-8-6-18/h10-13H,3-9,16H2,1-2H3,(H,17,19). The maximum absolute atomic E-state index is 12.4. The number of hydrogen-bond donors (Lipinski definition) is 2. The molecule has 2 rings (SSSR count). The van der Waals surface area contributed by atoms with Gasteiger partial charge in [-0.25, -0.2) is 0 Å². The molecule has 1 aliphatic heterocycles. The number of carbonyl (C=O) groups excluding carboxylic acids is 2. The van der Waals surface area contributed by atoms with Crippen molar-refractivity contribution >= 4 is 11.8 Å². The third kappa shape index (κ3) is 4.17. The van der Waals surface area contributed by atoms with Gasteiger partial charge in [0.15, 0.2) is 0 Å². The quantitative estimate of drug-likeness (QED) is 0.774. The Labute approximate surface area is 126 Å². The number of nitrogens with two attached hydrogens (primary N) is 1. The number of carbonyl (C=O) groups is 2. The molecular weight excluding hydrogens is 270 g/mol. The molecular formula is C15H27N3O3. The minimum absolute atomic E-state index is 0.0283. The Bertz CT molecular complexity index is 382. The summed E-state index contributed by atoms with van der Waals surface area (Å²) in [5.74, 6) is 0.190. The van der Waals surface area contributed by atoms with Crippen molar-refractivity contribution in [3.63, 3.8) is 0 Å². The molecule has 0 aromatic rings. The molecule has 4 atom stereocenters. The zero-order chi connectivity index (χ0) is 15.4. The second-order valence-corrected chi connectivity index (χ2v) is 6.32. The van der Waals surface area contributed by atoms with Crippen LogP contribution in [0.4, 0.5) is 0 Å². The molecule has 21 heavy (non-hydrogen) atoms. The molecule has 0 spiro atoms. The van der Waals surface area contributed by atoms with Gasteiger partial charge in [-0.3, -0.25) is 9.59 Å². The molecule has 6 nitrogen and oxygen atoms in total. The van der Waals surface area contributed by atoms with E-state index in [9.17, 15) is 9.59 Å². The molecule has 1 aliphatic carbocycles. The average molecular weight is 297 g/mol. The van der Waals surface area contributed by atoms with Gasteiger partial charge in [-0.2, -0.15) is 0 Å². The van der Waals surface area contributed by atoms with Crippen LogP contribution in [0, 0.1) is 11.8 Å². The van der Waals surface area contributed by atoms with Gasteiger partial charge in [0.1, 0.15) is 6.04 Å². The fourth-order valence-electron chi connectivity index (χ4n) is 3.16. The first-order valence-corrected chi connectivity index (χ1v) is 7.91. The van der Waals surface area contributed by atoms with Crippen LogP contribution < -0.4 is 11.1 Å². The lowest BCUT2D eigenvalue weighted by Gasteiger charge is -2.33. The van der Waals surface area contributed by atoms with Gasteiger partial charge in [-0.15, -0.1) is 0 Å². The van der Waals surface area contributed by atoms with Crippen LogP contribution in [0.2, 0.25) is 0 Å². The van der Waals surface area contributed by atoms with Crippen LogP contribution in [0.25, 0.3) is 0 Å². The molecule has 0 aromatic carbocycles. The molecule has 0 aromatic heterocycles. The van der Waals surface area contributed by atoms with Gasteiger partial charge in [0.2, 0.25) is 11.8 Å². The number of nitrogens with zero attached hydrogens (tertiary/aromatic N) is 1. The molecule has 2 amide bonds. The van der Waals surface area contributed by atoms with E-state index in [1.165, 1.54) is 0 Å². The third-order valence-corrected chi connectivity index (χ3v) is 4.63. The predicted molar refractivity (Wildman–Crippen MR) is 79.5 cm³/mol. The van der Waals surface area contributed by atoms with Gasteiger partial charge >= 0.3 is 0 Å². The highest BCUT2D eigenvalue weighted by atomic mass is 16.5. The smallest absolute Gasteiger partial charge is 0.245 e. The second kappa shape index (κ2) is 7.22. The topological polar surface area (TPSA) is 84.7 Å². The minimum atomic E-state index is -0.485. The number of hydrogen-bond acceptors (Lipinski definition) is 4. The van der Waals surface area contributed by atoms with Crippen molar-refractivity contribution in [2.45, 2.75) is 45.2 Å². The lowest BCUT2D eigenvalue weighted by molar-refractivity contribution is -0.140. The van der Waals surface area contributed by atoms with Crippen LogP contribution in [0.1, 0.15) is 33.1 Å². The monoisotopic (exact) mass is 297 g/mol. The molecule has 0 bridgehead atoms. The van der Waals surface area contributed by atoms with Crippen molar-refractivity contribution in [3.8, 4) is 0 Å². The van der Waals surface area contributed by atoms with Crippen molar-refractivity contribution in [3.05, 3.63) is 0 Å². The summed E-state index contributed by atoms with van der Waals surface area (Å²) in [4.78, 5) is 26.4. The summed E-state index contributed by atoms with van der Waals surface area (Å²) in [6.07, 6.45) is 2.67. The molecule has 3 N–H and O–H groups in total. The van der Waals surface area contributed by atoms with Crippen LogP contribution in [0.5, 0.6) is 0 Å². The van der Waals surface area contributed by atoms with Crippen LogP contribution in [0.15, 0.2) is 0 Å². The molecule has 120 valence electrons. The Morgan fingerprint density at radius 3 is 2.62 bits per heavy atom.